The van der Waals surface area contributed by atoms with Gasteiger partial charge in [0, 0.05) is 5.92 Å². The molecule has 0 aromatic heterocycles. The molecule has 0 amide bonds. The molecule has 0 aliphatic carbocycles. The molecular formula is C26H24NO2PS. The number of hydrogen-bond acceptors (Lipinski definition) is 2. The lowest BCUT2D eigenvalue weighted by molar-refractivity contribution is 0.593. The summed E-state index contributed by atoms with van der Waals surface area (Å²) in [4.78, 5) is 0.252. The lowest BCUT2D eigenvalue weighted by Crippen LogP contribution is -2.32. The summed E-state index contributed by atoms with van der Waals surface area (Å²) in [5, 5.41) is 3.25. The Hall–Kier alpha value is -2.91. The Morgan fingerprint density at radius 3 is 1.39 bits per heavy atom. The van der Waals surface area contributed by atoms with Crippen LogP contribution in [0.15, 0.2) is 120 Å². The molecule has 156 valence electrons. The number of aryl methyl sites for hydroxylation is 1. The number of rotatable bonds is 6. The van der Waals surface area contributed by atoms with E-state index in [1.165, 1.54) is 0 Å². The monoisotopic (exact) mass is 445 g/mol. The van der Waals surface area contributed by atoms with Gasteiger partial charge in [-0.2, -0.15) is 4.72 Å². The summed E-state index contributed by atoms with van der Waals surface area (Å²) < 4.78 is 29.1. The first-order valence-electron chi connectivity index (χ1n) is 10.0. The maximum absolute atomic E-state index is 13.2. The first kappa shape index (κ1) is 21.3. The Kier molecular flexibility index (Phi) is 6.24. The molecule has 0 fully saturated rings. The summed E-state index contributed by atoms with van der Waals surface area (Å²) in [7, 11) is -3.71. The molecule has 1 N–H and O–H groups in total. The Balaban J connectivity index is 1.97. The van der Waals surface area contributed by atoms with E-state index in [-0.39, 0.29) is 4.90 Å². The van der Waals surface area contributed by atoms with E-state index < -0.39 is 16.9 Å². The third-order valence-electron chi connectivity index (χ3n) is 5.22. The molecule has 0 heterocycles. The van der Waals surface area contributed by atoms with Crippen molar-refractivity contribution in [2.75, 3.05) is 0 Å². The molecule has 0 saturated heterocycles. The SMILES string of the molecule is Cc1ccc(S(=O)(=O)NC=P(c2ccccc2)(c2ccccc2)c2ccccc2)cc1. The molecule has 0 saturated carbocycles. The molecule has 3 nitrogen and oxygen atoms in total. The van der Waals surface area contributed by atoms with E-state index in [9.17, 15) is 8.42 Å². The number of benzene rings is 4. The van der Waals surface area contributed by atoms with Gasteiger partial charge < -0.3 is 0 Å². The molecule has 4 aromatic rings. The zero-order chi connectivity index (χ0) is 21.7. The molecule has 0 spiro atoms. The van der Waals surface area contributed by atoms with Crippen molar-refractivity contribution in [2.45, 2.75) is 11.8 Å². The molecule has 0 bridgehead atoms. The van der Waals surface area contributed by atoms with Crippen LogP contribution in [0, 0.1) is 6.92 Å². The van der Waals surface area contributed by atoms with Crippen LogP contribution in [0.4, 0.5) is 0 Å². The van der Waals surface area contributed by atoms with Gasteiger partial charge in [-0.3, -0.25) is 0 Å². The fourth-order valence-electron chi connectivity index (χ4n) is 3.59. The quantitative estimate of drug-likeness (QED) is 0.456. The summed E-state index contributed by atoms with van der Waals surface area (Å²) in [6, 6.07) is 37.3. The lowest BCUT2D eigenvalue weighted by Gasteiger charge is -2.28. The van der Waals surface area contributed by atoms with Gasteiger partial charge in [-0.1, -0.05) is 109 Å². The molecule has 4 aromatic carbocycles. The van der Waals surface area contributed by atoms with Gasteiger partial charge in [-0.25, -0.2) is 8.42 Å². The van der Waals surface area contributed by atoms with Gasteiger partial charge in [0.2, 0.25) is 10.0 Å². The van der Waals surface area contributed by atoms with E-state index in [0.717, 1.165) is 21.5 Å². The van der Waals surface area contributed by atoms with E-state index in [1.54, 1.807) is 12.1 Å². The van der Waals surface area contributed by atoms with Crippen molar-refractivity contribution >= 4 is 38.7 Å². The first-order valence-corrected chi connectivity index (χ1v) is 13.4. The number of nitrogens with one attached hydrogen (secondary N) is 1. The normalized spacial score (nSPS) is 11.8. The summed E-state index contributed by atoms with van der Waals surface area (Å²) in [5.74, 6) is 1.81. The highest BCUT2D eigenvalue weighted by Crippen LogP contribution is 2.43. The fraction of sp³-hybridized carbons (Fsp3) is 0.0385. The third kappa shape index (κ3) is 4.42. The van der Waals surface area contributed by atoms with Gasteiger partial charge in [0.15, 0.2) is 0 Å². The zero-order valence-electron chi connectivity index (χ0n) is 17.2. The molecule has 0 atom stereocenters. The van der Waals surface area contributed by atoms with Crippen LogP contribution in [0.2, 0.25) is 0 Å². The van der Waals surface area contributed by atoms with Crippen LogP contribution in [0.25, 0.3) is 0 Å². The highest BCUT2D eigenvalue weighted by atomic mass is 32.2. The van der Waals surface area contributed by atoms with Crippen LogP contribution in [0.3, 0.4) is 0 Å². The molecular weight excluding hydrogens is 421 g/mol. The van der Waals surface area contributed by atoms with Crippen molar-refractivity contribution in [1.29, 1.82) is 0 Å². The van der Waals surface area contributed by atoms with Gasteiger partial charge in [0.1, 0.15) is 0 Å². The second-order valence-electron chi connectivity index (χ2n) is 7.29. The van der Waals surface area contributed by atoms with Crippen LogP contribution >= 0.6 is 6.89 Å². The average molecular weight is 446 g/mol. The van der Waals surface area contributed by atoms with Crippen LogP contribution in [0.5, 0.6) is 0 Å². The van der Waals surface area contributed by atoms with E-state index >= 15 is 0 Å². The molecule has 0 aliphatic heterocycles. The minimum absolute atomic E-state index is 0.252. The Bertz CT molecular complexity index is 1200. The van der Waals surface area contributed by atoms with Gasteiger partial charge >= 0.3 is 0 Å². The van der Waals surface area contributed by atoms with Crippen LogP contribution in [-0.2, 0) is 10.0 Å². The Labute approximate surface area is 184 Å². The summed E-state index contributed by atoms with van der Waals surface area (Å²) >= 11 is 0. The van der Waals surface area contributed by atoms with E-state index in [2.05, 4.69) is 41.1 Å². The summed E-state index contributed by atoms with van der Waals surface area (Å²) in [6.07, 6.45) is 0. The van der Waals surface area contributed by atoms with E-state index in [0.29, 0.717) is 0 Å². The van der Waals surface area contributed by atoms with Crippen molar-refractivity contribution in [3.8, 4) is 0 Å². The molecule has 5 heteroatoms. The van der Waals surface area contributed by atoms with Crippen LogP contribution < -0.4 is 20.6 Å². The molecule has 0 radical (unpaired) electrons. The lowest BCUT2D eigenvalue weighted by atomic mass is 10.2. The van der Waals surface area contributed by atoms with Gasteiger partial charge in [0.25, 0.3) is 0 Å². The predicted molar refractivity (Wildman–Crippen MR) is 133 cm³/mol. The maximum atomic E-state index is 13.2. The first-order chi connectivity index (χ1) is 15.0. The molecule has 0 aliphatic rings. The second-order valence-corrected chi connectivity index (χ2v) is 12.3. The van der Waals surface area contributed by atoms with E-state index in [4.69, 9.17) is 0 Å². The second kappa shape index (κ2) is 9.07. The smallest absolute Gasteiger partial charge is 0.207 e. The van der Waals surface area contributed by atoms with Crippen LogP contribution in [-0.4, -0.2) is 14.3 Å². The van der Waals surface area contributed by atoms with E-state index in [1.807, 2.05) is 79.6 Å². The topological polar surface area (TPSA) is 46.2 Å². The molecule has 4 rings (SSSR count). The van der Waals surface area contributed by atoms with Crippen molar-refractivity contribution in [1.82, 2.24) is 4.72 Å². The Morgan fingerprint density at radius 2 is 1.00 bits per heavy atom. The summed E-state index contributed by atoms with van der Waals surface area (Å²) in [5.41, 5.74) is 1.02. The van der Waals surface area contributed by atoms with Crippen molar-refractivity contribution in [3.63, 3.8) is 0 Å². The average Bonchev–Trinajstić information content (AvgIpc) is 2.82. The molecule has 31 heavy (non-hydrogen) atoms. The standard InChI is InChI=1S/C26H24NO2PS/c1-22-17-19-26(20-18-22)31(28,29)27-21-30(23-11-5-2-6-12-23,24-13-7-3-8-14-24)25-15-9-4-10-16-25/h2-21,27H,1H3. The number of sulfonamides is 1. The van der Waals surface area contributed by atoms with Gasteiger partial charge in [-0.05, 0) is 41.9 Å². The van der Waals surface area contributed by atoms with Crippen molar-refractivity contribution in [3.05, 3.63) is 121 Å². The Morgan fingerprint density at radius 1 is 0.613 bits per heavy atom. The highest BCUT2D eigenvalue weighted by molar-refractivity contribution is 7.96. The van der Waals surface area contributed by atoms with Crippen LogP contribution in [0.1, 0.15) is 5.56 Å². The van der Waals surface area contributed by atoms with Gasteiger partial charge in [-0.15, -0.1) is 0 Å². The zero-order valence-corrected chi connectivity index (χ0v) is 18.9. The highest BCUT2D eigenvalue weighted by Gasteiger charge is 2.26. The maximum Gasteiger partial charge on any atom is 0.244 e. The van der Waals surface area contributed by atoms with Crippen molar-refractivity contribution in [2.24, 2.45) is 0 Å². The van der Waals surface area contributed by atoms with Crippen molar-refractivity contribution < 1.29 is 8.42 Å². The minimum Gasteiger partial charge on any atom is -0.207 e. The number of hydrogen-bond donors (Lipinski definition) is 1. The third-order valence-corrected chi connectivity index (χ3v) is 10.6. The predicted octanol–water partition coefficient (Wildman–Crippen LogP) is 4.03. The molecule has 0 unspecified atom stereocenters. The fourth-order valence-corrected chi connectivity index (χ4v) is 8.68. The largest absolute Gasteiger partial charge is 0.244 e. The van der Waals surface area contributed by atoms with Gasteiger partial charge in [0.05, 0.1) is 4.90 Å². The minimum atomic E-state index is -3.71. The summed E-state index contributed by atoms with van der Waals surface area (Å²) in [6.45, 7) is -0.458.